The molecule has 2 rings (SSSR count). The summed E-state index contributed by atoms with van der Waals surface area (Å²) in [5.74, 6) is -0.499. The minimum Gasteiger partial charge on any atom is -0.481 e. The van der Waals surface area contributed by atoms with Crippen molar-refractivity contribution in [1.29, 1.82) is 0 Å². The normalized spacial score (nSPS) is 20.0. The first-order valence-electron chi connectivity index (χ1n) is 6.92. The van der Waals surface area contributed by atoms with E-state index in [-0.39, 0.29) is 12.2 Å². The SMILES string of the molecule is O=C(O)CCC1CCCN(Cc2ccc(F)cc2Br)C1. The Labute approximate surface area is 126 Å². The van der Waals surface area contributed by atoms with Gasteiger partial charge in [-0.15, -0.1) is 0 Å². The van der Waals surface area contributed by atoms with E-state index in [9.17, 15) is 9.18 Å². The Morgan fingerprint density at radius 3 is 3.00 bits per heavy atom. The molecule has 1 aromatic rings. The van der Waals surface area contributed by atoms with Crippen molar-refractivity contribution in [1.82, 2.24) is 4.90 Å². The zero-order valence-corrected chi connectivity index (χ0v) is 12.9. The maximum atomic E-state index is 13.1. The molecule has 3 nitrogen and oxygen atoms in total. The lowest BCUT2D eigenvalue weighted by Gasteiger charge is -2.32. The molecule has 0 saturated carbocycles. The summed E-state index contributed by atoms with van der Waals surface area (Å²) < 4.78 is 13.9. The van der Waals surface area contributed by atoms with E-state index < -0.39 is 5.97 Å². The Morgan fingerprint density at radius 2 is 2.30 bits per heavy atom. The van der Waals surface area contributed by atoms with E-state index in [0.717, 1.165) is 48.9 Å². The van der Waals surface area contributed by atoms with E-state index in [0.29, 0.717) is 5.92 Å². The number of hydrogen-bond donors (Lipinski definition) is 1. The van der Waals surface area contributed by atoms with Gasteiger partial charge in [0, 0.05) is 24.0 Å². The van der Waals surface area contributed by atoms with Crippen LogP contribution in [0, 0.1) is 11.7 Å². The maximum absolute atomic E-state index is 13.1. The number of hydrogen-bond acceptors (Lipinski definition) is 2. The molecule has 1 aliphatic heterocycles. The highest BCUT2D eigenvalue weighted by Gasteiger charge is 2.21. The first-order chi connectivity index (χ1) is 9.54. The van der Waals surface area contributed by atoms with Crippen LogP contribution in [0.3, 0.4) is 0 Å². The average Bonchev–Trinajstić information content (AvgIpc) is 2.40. The van der Waals surface area contributed by atoms with Crippen molar-refractivity contribution in [2.45, 2.75) is 32.2 Å². The van der Waals surface area contributed by atoms with Gasteiger partial charge in [-0.05, 0) is 49.4 Å². The molecule has 1 aromatic carbocycles. The fraction of sp³-hybridized carbons (Fsp3) is 0.533. The fourth-order valence-electron chi connectivity index (χ4n) is 2.75. The molecule has 0 aromatic heterocycles. The average molecular weight is 344 g/mol. The lowest BCUT2D eigenvalue weighted by atomic mass is 9.93. The predicted molar refractivity (Wildman–Crippen MR) is 79.0 cm³/mol. The van der Waals surface area contributed by atoms with Gasteiger partial charge in [-0.2, -0.15) is 0 Å². The minimum absolute atomic E-state index is 0.237. The number of likely N-dealkylation sites (tertiary alicyclic amines) is 1. The highest BCUT2D eigenvalue weighted by Crippen LogP contribution is 2.25. The first kappa shape index (κ1) is 15.4. The van der Waals surface area contributed by atoms with Crippen molar-refractivity contribution >= 4 is 21.9 Å². The van der Waals surface area contributed by atoms with E-state index in [1.54, 1.807) is 6.07 Å². The first-order valence-corrected chi connectivity index (χ1v) is 7.72. The van der Waals surface area contributed by atoms with Crippen molar-refractivity contribution in [3.05, 3.63) is 34.1 Å². The Kier molecular flexibility index (Phi) is 5.54. The van der Waals surface area contributed by atoms with Crippen molar-refractivity contribution in [2.75, 3.05) is 13.1 Å². The number of carbonyl (C=O) groups is 1. The summed E-state index contributed by atoms with van der Waals surface area (Å²) in [7, 11) is 0. The molecule has 20 heavy (non-hydrogen) atoms. The molecule has 1 saturated heterocycles. The molecule has 0 radical (unpaired) electrons. The van der Waals surface area contributed by atoms with Crippen LogP contribution in [0.2, 0.25) is 0 Å². The monoisotopic (exact) mass is 343 g/mol. The predicted octanol–water partition coefficient (Wildman–Crippen LogP) is 3.67. The molecule has 1 aliphatic rings. The second-order valence-corrected chi connectivity index (χ2v) is 6.27. The van der Waals surface area contributed by atoms with Gasteiger partial charge >= 0.3 is 5.97 Å². The summed E-state index contributed by atoms with van der Waals surface area (Å²) in [4.78, 5) is 13.0. The van der Waals surface area contributed by atoms with Crippen LogP contribution in [-0.2, 0) is 11.3 Å². The Bertz CT molecular complexity index is 481. The number of benzene rings is 1. The third kappa shape index (κ3) is 4.56. The zero-order valence-electron chi connectivity index (χ0n) is 11.3. The summed E-state index contributed by atoms with van der Waals surface area (Å²) in [5, 5.41) is 8.75. The van der Waals surface area contributed by atoms with Gasteiger partial charge in [0.25, 0.3) is 0 Å². The van der Waals surface area contributed by atoms with Gasteiger partial charge in [0.05, 0.1) is 0 Å². The Balaban J connectivity index is 1.90. The van der Waals surface area contributed by atoms with Gasteiger partial charge in [-0.1, -0.05) is 22.0 Å². The molecule has 0 bridgehead atoms. The van der Waals surface area contributed by atoms with Crippen LogP contribution in [-0.4, -0.2) is 29.1 Å². The number of rotatable bonds is 5. The molecule has 0 aliphatic carbocycles. The number of carboxylic acids is 1. The molecule has 1 N–H and O–H groups in total. The summed E-state index contributed by atoms with van der Waals surface area (Å²) in [6.07, 6.45) is 3.20. The second-order valence-electron chi connectivity index (χ2n) is 5.41. The van der Waals surface area contributed by atoms with E-state index >= 15 is 0 Å². The molecule has 1 fully saturated rings. The van der Waals surface area contributed by atoms with Crippen molar-refractivity contribution in [3.8, 4) is 0 Å². The molecular weight excluding hydrogens is 325 g/mol. The van der Waals surface area contributed by atoms with Gasteiger partial charge in [0.15, 0.2) is 0 Å². The smallest absolute Gasteiger partial charge is 0.303 e. The van der Waals surface area contributed by atoms with Gasteiger partial charge < -0.3 is 5.11 Å². The molecule has 5 heteroatoms. The number of halogens is 2. The summed E-state index contributed by atoms with van der Waals surface area (Å²) in [5.41, 5.74) is 1.07. The van der Waals surface area contributed by atoms with Gasteiger partial charge in [0.1, 0.15) is 5.82 Å². The molecule has 0 amide bonds. The second kappa shape index (κ2) is 7.18. The maximum Gasteiger partial charge on any atom is 0.303 e. The van der Waals surface area contributed by atoms with Crippen LogP contribution in [0.15, 0.2) is 22.7 Å². The van der Waals surface area contributed by atoms with Crippen LogP contribution < -0.4 is 0 Å². The summed E-state index contributed by atoms with van der Waals surface area (Å²) >= 11 is 3.39. The number of aliphatic carboxylic acids is 1. The summed E-state index contributed by atoms with van der Waals surface area (Å²) in [6.45, 7) is 2.73. The van der Waals surface area contributed by atoms with Crippen molar-refractivity contribution in [3.63, 3.8) is 0 Å². The van der Waals surface area contributed by atoms with Crippen LogP contribution in [0.5, 0.6) is 0 Å². The lowest BCUT2D eigenvalue weighted by Crippen LogP contribution is -2.35. The minimum atomic E-state index is -0.719. The van der Waals surface area contributed by atoms with E-state index in [4.69, 9.17) is 5.11 Å². The lowest BCUT2D eigenvalue weighted by molar-refractivity contribution is -0.137. The quantitative estimate of drug-likeness (QED) is 0.886. The Hall–Kier alpha value is -0.940. The van der Waals surface area contributed by atoms with E-state index in [1.807, 2.05) is 0 Å². The molecule has 110 valence electrons. The van der Waals surface area contributed by atoms with Crippen LogP contribution in [0.1, 0.15) is 31.2 Å². The molecule has 1 unspecified atom stereocenters. The molecule has 0 spiro atoms. The number of carboxylic acid groups (broad SMARTS) is 1. The zero-order chi connectivity index (χ0) is 14.5. The number of piperidine rings is 1. The molecule has 1 atom stereocenters. The van der Waals surface area contributed by atoms with Crippen molar-refractivity contribution < 1.29 is 14.3 Å². The largest absolute Gasteiger partial charge is 0.481 e. The van der Waals surface area contributed by atoms with Gasteiger partial charge in [-0.3, -0.25) is 9.69 Å². The third-order valence-electron chi connectivity index (χ3n) is 3.78. The van der Waals surface area contributed by atoms with Crippen LogP contribution in [0.25, 0.3) is 0 Å². The van der Waals surface area contributed by atoms with Gasteiger partial charge in [0.2, 0.25) is 0 Å². The Morgan fingerprint density at radius 1 is 1.50 bits per heavy atom. The van der Waals surface area contributed by atoms with E-state index in [1.165, 1.54) is 12.1 Å². The van der Waals surface area contributed by atoms with Crippen LogP contribution >= 0.6 is 15.9 Å². The number of nitrogens with zero attached hydrogens (tertiary/aromatic N) is 1. The van der Waals surface area contributed by atoms with Crippen LogP contribution in [0.4, 0.5) is 4.39 Å². The third-order valence-corrected chi connectivity index (χ3v) is 4.52. The topological polar surface area (TPSA) is 40.5 Å². The highest BCUT2D eigenvalue weighted by atomic mass is 79.9. The van der Waals surface area contributed by atoms with E-state index in [2.05, 4.69) is 20.8 Å². The highest BCUT2D eigenvalue weighted by molar-refractivity contribution is 9.10. The van der Waals surface area contributed by atoms with Crippen molar-refractivity contribution in [2.24, 2.45) is 5.92 Å². The fourth-order valence-corrected chi connectivity index (χ4v) is 3.23. The van der Waals surface area contributed by atoms with Gasteiger partial charge in [-0.25, -0.2) is 4.39 Å². The summed E-state index contributed by atoms with van der Waals surface area (Å²) in [6, 6.07) is 4.77. The standard InChI is InChI=1S/C15H19BrFNO2/c16-14-8-13(17)5-4-12(14)10-18-7-1-2-11(9-18)3-6-15(19)20/h4-5,8,11H,1-3,6-7,9-10H2,(H,19,20). The molecular formula is C15H19BrFNO2. The molecule has 1 heterocycles.